The summed E-state index contributed by atoms with van der Waals surface area (Å²) in [7, 11) is 2.76. The van der Waals surface area contributed by atoms with Crippen molar-refractivity contribution in [1.82, 2.24) is 0 Å². The van der Waals surface area contributed by atoms with Crippen molar-refractivity contribution >= 4 is 23.9 Å². The van der Waals surface area contributed by atoms with Crippen LogP contribution in [0, 0.1) is 34.0 Å². The molecule has 14 heteroatoms. The molecular formula is C40H56O14. The highest BCUT2D eigenvalue weighted by atomic mass is 16.9. The van der Waals surface area contributed by atoms with Crippen molar-refractivity contribution in [2.24, 2.45) is 34.0 Å². The summed E-state index contributed by atoms with van der Waals surface area (Å²) in [6.45, 7) is 19.2. The summed E-state index contributed by atoms with van der Waals surface area (Å²) in [6, 6.07) is 1.67. The highest BCUT2D eigenvalue weighted by Crippen LogP contribution is 2.77. The SMILES string of the molecule is CCC12OC3(C)OC4CC(C)(C(OC(C)=O)C4(OC)C4OC(=O)/C(=C(\O)C(C)C)C(C(C)(C)C(OC(C)=O)c5ccoc5)C41O3)C(CC(=O)OC)C2(C)C. The number of allylic oxidation sites excluding steroid dienone is 1. The molecule has 3 saturated heterocycles. The summed E-state index contributed by atoms with van der Waals surface area (Å²) >= 11 is 0. The van der Waals surface area contributed by atoms with Gasteiger partial charge in [0.25, 0.3) is 5.97 Å². The molecule has 1 N–H and O–H groups in total. The Morgan fingerprint density at radius 1 is 1.06 bits per heavy atom. The van der Waals surface area contributed by atoms with Crippen molar-refractivity contribution in [3.63, 3.8) is 0 Å². The van der Waals surface area contributed by atoms with E-state index in [2.05, 4.69) is 0 Å². The van der Waals surface area contributed by atoms with E-state index in [0.717, 1.165) is 0 Å². The van der Waals surface area contributed by atoms with Crippen molar-refractivity contribution in [1.29, 1.82) is 0 Å². The summed E-state index contributed by atoms with van der Waals surface area (Å²) in [5, 5.41) is 12.1. The van der Waals surface area contributed by atoms with E-state index in [9.17, 15) is 24.3 Å². The van der Waals surface area contributed by atoms with Crippen LogP contribution in [0.5, 0.6) is 0 Å². The Labute approximate surface area is 316 Å². The lowest BCUT2D eigenvalue weighted by atomic mass is 9.43. The summed E-state index contributed by atoms with van der Waals surface area (Å²) in [4.78, 5) is 54.7. The molecule has 4 bridgehead atoms. The van der Waals surface area contributed by atoms with Gasteiger partial charge in [-0.1, -0.05) is 55.4 Å². The Morgan fingerprint density at radius 3 is 2.24 bits per heavy atom. The lowest BCUT2D eigenvalue weighted by Crippen LogP contribution is -2.83. The van der Waals surface area contributed by atoms with Gasteiger partial charge in [0, 0.05) is 67.9 Å². The third kappa shape index (κ3) is 5.04. The molecule has 300 valence electrons. The molecule has 11 atom stereocenters. The number of esters is 4. The predicted octanol–water partition coefficient (Wildman–Crippen LogP) is 5.87. The zero-order valence-electron chi connectivity index (χ0n) is 33.6. The molecule has 0 radical (unpaired) electrons. The number of methoxy groups -OCH3 is 2. The van der Waals surface area contributed by atoms with Crippen LogP contribution < -0.4 is 0 Å². The number of ether oxygens (including phenoxy) is 8. The van der Waals surface area contributed by atoms with Gasteiger partial charge < -0.3 is 47.4 Å². The van der Waals surface area contributed by atoms with E-state index in [-0.39, 0.29) is 30.6 Å². The van der Waals surface area contributed by atoms with Crippen LogP contribution in [0.15, 0.2) is 34.3 Å². The highest BCUT2D eigenvalue weighted by Gasteiger charge is 2.91. The average Bonchev–Trinajstić information content (AvgIpc) is 3.75. The van der Waals surface area contributed by atoms with E-state index in [1.165, 1.54) is 40.6 Å². The number of aliphatic hydroxyl groups is 1. The summed E-state index contributed by atoms with van der Waals surface area (Å²) in [5.41, 5.74) is -8.35. The number of furan rings is 1. The first kappa shape index (κ1) is 40.2. The van der Waals surface area contributed by atoms with E-state index in [1.807, 2.05) is 41.5 Å². The van der Waals surface area contributed by atoms with Gasteiger partial charge >= 0.3 is 23.9 Å². The number of fused-ring (bicyclic) bond motifs is 2. The monoisotopic (exact) mass is 760 g/mol. The van der Waals surface area contributed by atoms with Crippen LogP contribution in [0.2, 0.25) is 0 Å². The van der Waals surface area contributed by atoms with Gasteiger partial charge in [0.15, 0.2) is 17.3 Å². The van der Waals surface area contributed by atoms with Crippen molar-refractivity contribution < 1.29 is 66.6 Å². The van der Waals surface area contributed by atoms with Crippen LogP contribution in [0.4, 0.5) is 0 Å². The van der Waals surface area contributed by atoms with Crippen LogP contribution in [-0.2, 0) is 57.1 Å². The third-order valence-electron chi connectivity index (χ3n) is 13.6. The molecule has 1 aromatic rings. The lowest BCUT2D eigenvalue weighted by molar-refractivity contribution is -0.371. The largest absolute Gasteiger partial charge is 0.511 e. The smallest absolute Gasteiger partial charge is 0.338 e. The highest BCUT2D eigenvalue weighted by molar-refractivity contribution is 5.92. The molecule has 0 amide bonds. The van der Waals surface area contributed by atoms with Gasteiger partial charge in [-0.2, -0.15) is 0 Å². The molecule has 5 fully saturated rings. The van der Waals surface area contributed by atoms with Gasteiger partial charge in [-0.25, -0.2) is 4.79 Å². The Bertz CT molecular complexity index is 1730. The first-order chi connectivity index (χ1) is 25.0. The second kappa shape index (κ2) is 12.8. The fourth-order valence-corrected chi connectivity index (χ4v) is 11.9. The minimum absolute atomic E-state index is 0.104. The Balaban J connectivity index is 1.84. The van der Waals surface area contributed by atoms with E-state index in [1.54, 1.807) is 26.8 Å². The van der Waals surface area contributed by atoms with Crippen LogP contribution in [-0.4, -0.2) is 84.3 Å². The maximum atomic E-state index is 15.0. The number of hydrogen-bond donors (Lipinski definition) is 1. The number of hydrogen-bond acceptors (Lipinski definition) is 14. The van der Waals surface area contributed by atoms with Crippen LogP contribution in [0.1, 0.15) is 107 Å². The first-order valence-electron chi connectivity index (χ1n) is 18.7. The maximum Gasteiger partial charge on any atom is 0.338 e. The van der Waals surface area contributed by atoms with E-state index in [0.29, 0.717) is 5.56 Å². The van der Waals surface area contributed by atoms with Crippen molar-refractivity contribution in [3.05, 3.63) is 35.5 Å². The van der Waals surface area contributed by atoms with Gasteiger partial charge in [0.05, 0.1) is 25.2 Å². The molecule has 1 aromatic heterocycles. The van der Waals surface area contributed by atoms with E-state index < -0.39 is 105 Å². The van der Waals surface area contributed by atoms with Crippen LogP contribution in [0.25, 0.3) is 0 Å². The van der Waals surface area contributed by atoms with Crippen LogP contribution in [0.3, 0.4) is 0 Å². The molecule has 11 unspecified atom stereocenters. The molecular weight excluding hydrogens is 704 g/mol. The van der Waals surface area contributed by atoms with Gasteiger partial charge in [0.1, 0.15) is 29.7 Å². The van der Waals surface area contributed by atoms with Gasteiger partial charge in [0.2, 0.25) is 0 Å². The maximum absolute atomic E-state index is 15.0. The molecule has 6 rings (SSSR count). The Morgan fingerprint density at radius 2 is 1.72 bits per heavy atom. The summed E-state index contributed by atoms with van der Waals surface area (Å²) < 4.78 is 58.3. The fraction of sp³-hybridized carbons (Fsp3) is 0.750. The summed E-state index contributed by atoms with van der Waals surface area (Å²) in [6.07, 6.45) is -1.51. The van der Waals surface area contributed by atoms with Crippen molar-refractivity contribution in [2.75, 3.05) is 14.2 Å². The third-order valence-corrected chi connectivity index (χ3v) is 13.6. The van der Waals surface area contributed by atoms with Gasteiger partial charge in [-0.05, 0) is 24.8 Å². The Hall–Kier alpha value is -3.46. The van der Waals surface area contributed by atoms with Gasteiger partial charge in [-0.15, -0.1) is 0 Å². The quantitative estimate of drug-likeness (QED) is 0.130. The molecule has 3 aliphatic heterocycles. The van der Waals surface area contributed by atoms with Crippen LogP contribution >= 0.6 is 0 Å². The van der Waals surface area contributed by atoms with E-state index in [4.69, 9.17) is 42.3 Å². The van der Waals surface area contributed by atoms with Crippen molar-refractivity contribution in [2.45, 2.75) is 143 Å². The standard InChI is InChI=1S/C40H56O14/c1-14-38-35(8,9)24(17-26(43)46-12)36(10)18-25-39(47-13,32(36)50-22(5)42)33-40(38,54-37(11,52-25)53-38)29(27(31(45)51-33)28(44)20(2)3)34(6,7)30(49-21(4)41)23-15-16-48-19-23/h15-16,19-20,24-25,29-30,32-33,44H,14,17-18H2,1-13H3/b28-27-. The second-order valence-corrected chi connectivity index (χ2v) is 17.5. The topological polar surface area (TPSA) is 175 Å². The predicted molar refractivity (Wildman–Crippen MR) is 188 cm³/mol. The molecule has 2 saturated carbocycles. The fourth-order valence-electron chi connectivity index (χ4n) is 11.9. The minimum Gasteiger partial charge on any atom is -0.511 e. The first-order valence-corrected chi connectivity index (χ1v) is 18.7. The summed E-state index contributed by atoms with van der Waals surface area (Å²) in [5.74, 6) is -7.16. The van der Waals surface area contributed by atoms with Crippen molar-refractivity contribution in [3.8, 4) is 0 Å². The normalized spacial score (nSPS) is 40.6. The molecule has 4 heterocycles. The number of aliphatic hydroxyl groups excluding tert-OH is 1. The molecule has 5 aliphatic rings. The lowest BCUT2D eigenvalue weighted by Gasteiger charge is -2.67. The molecule has 1 spiro atoms. The van der Waals surface area contributed by atoms with E-state index >= 15 is 0 Å². The van der Waals surface area contributed by atoms with Gasteiger partial charge in [-0.3, -0.25) is 14.4 Å². The zero-order valence-corrected chi connectivity index (χ0v) is 33.6. The molecule has 54 heavy (non-hydrogen) atoms. The number of carbonyl (C=O) groups excluding carboxylic acids is 4. The number of carbonyl (C=O) groups is 4. The minimum atomic E-state index is -1.87. The zero-order chi connectivity index (χ0) is 40.2. The Kier molecular flexibility index (Phi) is 9.52. The molecule has 14 nitrogen and oxygen atoms in total. The number of rotatable bonds is 10. The average molecular weight is 761 g/mol. The second-order valence-electron chi connectivity index (χ2n) is 17.5. The molecule has 0 aromatic carbocycles. The molecule has 2 aliphatic carbocycles.